The molecule has 0 bridgehead atoms. The van der Waals surface area contributed by atoms with Gasteiger partial charge in [-0.3, -0.25) is 0 Å². The van der Waals surface area contributed by atoms with E-state index in [-0.39, 0.29) is 6.61 Å². The Morgan fingerprint density at radius 2 is 1.52 bits per heavy atom. The van der Waals surface area contributed by atoms with Crippen molar-refractivity contribution >= 4 is 21.9 Å². The van der Waals surface area contributed by atoms with Crippen LogP contribution in [-0.2, 0) is 4.79 Å². The predicted octanol–water partition coefficient (Wildman–Crippen LogP) is 4.45. The van der Waals surface area contributed by atoms with Crippen molar-refractivity contribution in [3.05, 3.63) is 52.0 Å². The van der Waals surface area contributed by atoms with Gasteiger partial charge in [0.15, 0.2) is 6.61 Å². The number of ether oxygens (including phenoxy) is 3. The Morgan fingerprint density at radius 1 is 1.00 bits per heavy atom. The number of benzene rings is 2. The summed E-state index contributed by atoms with van der Waals surface area (Å²) in [6, 6.07) is 10.9. The molecule has 2 aromatic carbocycles. The summed E-state index contributed by atoms with van der Waals surface area (Å²) < 4.78 is 17.1. The van der Waals surface area contributed by atoms with Gasteiger partial charge >= 0.3 is 5.97 Å². The second-order valence-electron chi connectivity index (χ2n) is 5.04. The third kappa shape index (κ3) is 4.99. The maximum absolute atomic E-state index is 12.0. The number of hydrogen-bond acceptors (Lipinski definition) is 4. The Morgan fingerprint density at radius 3 is 2.04 bits per heavy atom. The van der Waals surface area contributed by atoms with Gasteiger partial charge in [-0.2, -0.15) is 0 Å². The molecule has 0 heterocycles. The molecule has 0 aromatic heterocycles. The van der Waals surface area contributed by atoms with E-state index in [1.165, 1.54) is 0 Å². The maximum Gasteiger partial charge on any atom is 0.349 e. The van der Waals surface area contributed by atoms with Crippen LogP contribution in [0.15, 0.2) is 40.9 Å². The second kappa shape index (κ2) is 8.02. The van der Waals surface area contributed by atoms with Crippen molar-refractivity contribution in [2.75, 3.05) is 13.2 Å². The Hall–Kier alpha value is -2.01. The first-order valence-corrected chi connectivity index (χ1v) is 8.12. The van der Waals surface area contributed by atoms with Gasteiger partial charge in [0.25, 0.3) is 0 Å². The van der Waals surface area contributed by atoms with Crippen LogP contribution in [0.1, 0.15) is 18.1 Å². The van der Waals surface area contributed by atoms with E-state index < -0.39 is 5.97 Å². The molecule has 2 aromatic rings. The molecule has 0 aliphatic rings. The van der Waals surface area contributed by atoms with Crippen molar-refractivity contribution in [2.45, 2.75) is 20.8 Å². The van der Waals surface area contributed by atoms with Crippen molar-refractivity contribution in [1.82, 2.24) is 0 Å². The summed E-state index contributed by atoms with van der Waals surface area (Å²) in [4.78, 5) is 12.0. The molecule has 0 saturated carbocycles. The molecule has 122 valence electrons. The summed E-state index contributed by atoms with van der Waals surface area (Å²) in [5, 5.41) is 0. The first-order chi connectivity index (χ1) is 11.0. The second-order valence-corrected chi connectivity index (χ2v) is 5.95. The summed E-state index contributed by atoms with van der Waals surface area (Å²) in [6.07, 6.45) is 0. The van der Waals surface area contributed by atoms with Crippen molar-refractivity contribution < 1.29 is 19.0 Å². The van der Waals surface area contributed by atoms with Gasteiger partial charge in [0.1, 0.15) is 17.2 Å². The monoisotopic (exact) mass is 378 g/mol. The van der Waals surface area contributed by atoms with Gasteiger partial charge in [0.2, 0.25) is 0 Å². The number of rotatable bonds is 6. The zero-order valence-electron chi connectivity index (χ0n) is 13.4. The molecule has 2 rings (SSSR count). The molecule has 0 N–H and O–H groups in total. The standard InChI is InChI=1S/C18H19BrO4/c1-4-21-15-5-7-16(8-6-15)22-11-17(20)23-18-12(2)9-14(19)10-13(18)3/h5-10H,4,11H2,1-3H3. The van der Waals surface area contributed by atoms with Gasteiger partial charge in [0.05, 0.1) is 6.61 Å². The highest BCUT2D eigenvalue weighted by molar-refractivity contribution is 9.10. The molecule has 0 atom stereocenters. The van der Waals surface area contributed by atoms with E-state index in [1.54, 1.807) is 24.3 Å². The topological polar surface area (TPSA) is 44.8 Å². The van der Waals surface area contributed by atoms with Gasteiger partial charge in [-0.25, -0.2) is 4.79 Å². The molecule has 5 heteroatoms. The van der Waals surface area contributed by atoms with Crippen LogP contribution in [0.2, 0.25) is 0 Å². The predicted molar refractivity (Wildman–Crippen MR) is 92.4 cm³/mol. The maximum atomic E-state index is 12.0. The van der Waals surface area contributed by atoms with Gasteiger partial charge in [-0.1, -0.05) is 15.9 Å². The van der Waals surface area contributed by atoms with E-state index in [9.17, 15) is 4.79 Å². The zero-order chi connectivity index (χ0) is 16.8. The molecule has 4 nitrogen and oxygen atoms in total. The number of halogens is 1. The van der Waals surface area contributed by atoms with E-state index in [1.807, 2.05) is 32.9 Å². The number of hydrogen-bond donors (Lipinski definition) is 0. The lowest BCUT2D eigenvalue weighted by atomic mass is 10.1. The van der Waals surface area contributed by atoms with Gasteiger partial charge in [-0.15, -0.1) is 0 Å². The van der Waals surface area contributed by atoms with Crippen LogP contribution in [-0.4, -0.2) is 19.2 Å². The average Bonchev–Trinajstić information content (AvgIpc) is 2.50. The molecule has 0 aliphatic heterocycles. The van der Waals surface area contributed by atoms with Crippen LogP contribution in [0.3, 0.4) is 0 Å². The van der Waals surface area contributed by atoms with Crippen LogP contribution >= 0.6 is 15.9 Å². The molecular formula is C18H19BrO4. The fourth-order valence-corrected chi connectivity index (χ4v) is 2.83. The Bertz CT molecular complexity index is 657. The lowest BCUT2D eigenvalue weighted by Gasteiger charge is -2.12. The van der Waals surface area contributed by atoms with Crippen molar-refractivity contribution in [3.63, 3.8) is 0 Å². The molecule has 0 unspecified atom stereocenters. The van der Waals surface area contributed by atoms with E-state index in [2.05, 4.69) is 15.9 Å². The summed E-state index contributed by atoms with van der Waals surface area (Å²) >= 11 is 3.42. The third-order valence-electron chi connectivity index (χ3n) is 3.13. The van der Waals surface area contributed by atoms with Crippen molar-refractivity contribution in [1.29, 1.82) is 0 Å². The third-order valence-corrected chi connectivity index (χ3v) is 3.59. The quantitative estimate of drug-likeness (QED) is 0.550. The first-order valence-electron chi connectivity index (χ1n) is 7.32. The number of carbonyl (C=O) groups is 1. The van der Waals surface area contributed by atoms with Crippen LogP contribution in [0, 0.1) is 13.8 Å². The fourth-order valence-electron chi connectivity index (χ4n) is 2.14. The Labute approximate surface area is 144 Å². The van der Waals surface area contributed by atoms with Gasteiger partial charge in [-0.05, 0) is 68.3 Å². The normalized spacial score (nSPS) is 10.3. The highest BCUT2D eigenvalue weighted by atomic mass is 79.9. The Balaban J connectivity index is 1.93. The SMILES string of the molecule is CCOc1ccc(OCC(=O)Oc2c(C)cc(Br)cc2C)cc1. The zero-order valence-corrected chi connectivity index (χ0v) is 15.0. The van der Waals surface area contributed by atoms with E-state index in [0.29, 0.717) is 18.1 Å². The molecule has 0 radical (unpaired) electrons. The highest BCUT2D eigenvalue weighted by Crippen LogP contribution is 2.27. The smallest absolute Gasteiger partial charge is 0.349 e. The van der Waals surface area contributed by atoms with Gasteiger partial charge in [0, 0.05) is 4.47 Å². The molecule has 23 heavy (non-hydrogen) atoms. The van der Waals surface area contributed by atoms with Crippen LogP contribution in [0.25, 0.3) is 0 Å². The number of aryl methyl sites for hydroxylation is 2. The average molecular weight is 379 g/mol. The minimum Gasteiger partial charge on any atom is -0.494 e. The first kappa shape index (κ1) is 17.3. The summed E-state index contributed by atoms with van der Waals surface area (Å²) in [5.41, 5.74) is 1.79. The molecule has 0 fully saturated rings. The van der Waals surface area contributed by atoms with Gasteiger partial charge < -0.3 is 14.2 Å². The Kier molecular flexibility index (Phi) is 6.04. The van der Waals surface area contributed by atoms with E-state index in [4.69, 9.17) is 14.2 Å². The highest BCUT2D eigenvalue weighted by Gasteiger charge is 2.12. The van der Waals surface area contributed by atoms with E-state index in [0.717, 1.165) is 21.3 Å². The lowest BCUT2D eigenvalue weighted by Crippen LogP contribution is -2.18. The molecule has 0 saturated heterocycles. The minimum atomic E-state index is -0.438. The lowest BCUT2D eigenvalue weighted by molar-refractivity contribution is -0.136. The summed E-state index contributed by atoms with van der Waals surface area (Å²) in [7, 11) is 0. The van der Waals surface area contributed by atoms with Crippen LogP contribution < -0.4 is 14.2 Å². The summed E-state index contributed by atoms with van der Waals surface area (Å²) in [5.74, 6) is 1.50. The van der Waals surface area contributed by atoms with Crippen molar-refractivity contribution in [2.24, 2.45) is 0 Å². The van der Waals surface area contributed by atoms with E-state index >= 15 is 0 Å². The molecule has 0 aliphatic carbocycles. The number of carbonyl (C=O) groups excluding carboxylic acids is 1. The van der Waals surface area contributed by atoms with Crippen molar-refractivity contribution in [3.8, 4) is 17.2 Å². The fraction of sp³-hybridized carbons (Fsp3) is 0.278. The largest absolute Gasteiger partial charge is 0.494 e. The molecule has 0 spiro atoms. The summed E-state index contributed by atoms with van der Waals surface area (Å²) in [6.45, 7) is 6.18. The number of esters is 1. The van der Waals surface area contributed by atoms with Crippen LogP contribution in [0.4, 0.5) is 0 Å². The molecular weight excluding hydrogens is 360 g/mol. The minimum absolute atomic E-state index is 0.150. The molecule has 0 amide bonds. The van der Waals surface area contributed by atoms with Crippen LogP contribution in [0.5, 0.6) is 17.2 Å².